The number of carbonyl (C=O) groups is 2. The molecule has 1 aromatic carbocycles. The predicted octanol–water partition coefficient (Wildman–Crippen LogP) is 3.85. The van der Waals surface area contributed by atoms with E-state index in [0.717, 1.165) is 25.3 Å². The Balaban J connectivity index is 2.09. The molecule has 0 aliphatic carbocycles. The third kappa shape index (κ3) is 5.48. The molecule has 3 rings (SSSR count). The van der Waals surface area contributed by atoms with Crippen LogP contribution in [0.2, 0.25) is 0 Å². The molecule has 13 heteroatoms. The Kier molecular flexibility index (Phi) is 8.42. The third-order valence-electron chi connectivity index (χ3n) is 6.66. The highest BCUT2D eigenvalue weighted by Gasteiger charge is 2.66. The highest BCUT2D eigenvalue weighted by Crippen LogP contribution is 2.55. The number of anilines is 1. The van der Waals surface area contributed by atoms with E-state index in [4.69, 9.17) is 15.2 Å². The van der Waals surface area contributed by atoms with Gasteiger partial charge in [0.1, 0.15) is 18.4 Å². The fraction of sp³-hybridized carbons (Fsp3) is 0.400. The quantitative estimate of drug-likeness (QED) is 0.343. The fourth-order valence-electron chi connectivity index (χ4n) is 4.22. The molecule has 38 heavy (non-hydrogen) atoms. The lowest BCUT2D eigenvalue weighted by molar-refractivity contribution is -0.272. The van der Waals surface area contributed by atoms with Gasteiger partial charge >= 0.3 is 6.18 Å². The second kappa shape index (κ2) is 11.0. The minimum atomic E-state index is -4.94. The molecule has 0 bridgehead atoms. The summed E-state index contributed by atoms with van der Waals surface area (Å²) < 4.78 is 82.3. The van der Waals surface area contributed by atoms with Crippen LogP contribution in [0.1, 0.15) is 42.7 Å². The lowest BCUT2D eigenvalue weighted by Crippen LogP contribution is -2.47. The molecule has 0 radical (unpaired) electrons. The molecule has 0 saturated carbocycles. The Morgan fingerprint density at radius 1 is 1.29 bits per heavy atom. The number of aromatic nitrogens is 1. The monoisotopic (exact) mass is 543 g/mol. The number of aliphatic hydroxyl groups excluding tert-OH is 1. The van der Waals surface area contributed by atoms with E-state index < -0.39 is 65.5 Å². The number of rotatable bonds is 8. The Hall–Kier alpha value is -3.58. The van der Waals surface area contributed by atoms with Gasteiger partial charge in [-0.15, -0.1) is 0 Å². The van der Waals surface area contributed by atoms with Crippen molar-refractivity contribution in [3.63, 3.8) is 0 Å². The molecule has 1 aromatic heterocycles. The molecule has 1 aliphatic rings. The van der Waals surface area contributed by atoms with Gasteiger partial charge in [-0.25, -0.2) is 4.39 Å². The standard InChI is InChI=1S/C25H26F5N3O5/c1-4-13(10-34)11-37-20-15(5-6-16(26)19(20)27)18-12(2)24(3,25(28,29)30)38-21(18)23(36)33-14-7-8-32-17(9-14)22(31)35/h4-9,12,18,21,34H,10-11H2,1-3H3,(H2,31,35)(H,32,33,36)/b13-4-/t12-,18-,21+,24+/m0/s1. The number of nitrogens with two attached hydrogens (primary N) is 1. The van der Waals surface area contributed by atoms with Gasteiger partial charge in [0.2, 0.25) is 5.82 Å². The summed E-state index contributed by atoms with van der Waals surface area (Å²) in [7, 11) is 0. The zero-order chi connectivity index (χ0) is 28.4. The number of alkyl halides is 3. The van der Waals surface area contributed by atoms with Gasteiger partial charge < -0.3 is 25.6 Å². The van der Waals surface area contributed by atoms with Crippen LogP contribution < -0.4 is 15.8 Å². The maximum Gasteiger partial charge on any atom is 0.417 e. The van der Waals surface area contributed by atoms with E-state index >= 15 is 0 Å². The summed E-state index contributed by atoms with van der Waals surface area (Å²) in [4.78, 5) is 28.4. The second-order valence-corrected chi connectivity index (χ2v) is 8.91. The largest absolute Gasteiger partial charge is 0.486 e. The molecule has 0 spiro atoms. The first-order valence-corrected chi connectivity index (χ1v) is 11.4. The van der Waals surface area contributed by atoms with Crippen molar-refractivity contribution in [2.75, 3.05) is 18.5 Å². The fourth-order valence-corrected chi connectivity index (χ4v) is 4.22. The van der Waals surface area contributed by atoms with E-state index in [-0.39, 0.29) is 23.6 Å². The number of hydrogen-bond acceptors (Lipinski definition) is 6. The molecule has 0 unspecified atom stereocenters. The summed E-state index contributed by atoms with van der Waals surface area (Å²) in [6.07, 6.45) is -4.14. The number of nitrogens with one attached hydrogen (secondary N) is 1. The highest BCUT2D eigenvalue weighted by atomic mass is 19.4. The van der Waals surface area contributed by atoms with Crippen molar-refractivity contribution >= 4 is 17.5 Å². The van der Waals surface area contributed by atoms with Gasteiger partial charge in [0.15, 0.2) is 17.2 Å². The summed E-state index contributed by atoms with van der Waals surface area (Å²) in [6, 6.07) is 4.15. The van der Waals surface area contributed by atoms with E-state index in [9.17, 15) is 36.6 Å². The summed E-state index contributed by atoms with van der Waals surface area (Å²) in [5.74, 6) is -8.37. The van der Waals surface area contributed by atoms with Crippen molar-refractivity contribution in [2.24, 2.45) is 11.7 Å². The number of aliphatic hydroxyl groups is 1. The number of ether oxygens (including phenoxy) is 2. The molecule has 2 heterocycles. The average Bonchev–Trinajstić information content (AvgIpc) is 3.14. The number of allylic oxidation sites excluding steroid dienone is 1. The molecule has 4 atom stereocenters. The third-order valence-corrected chi connectivity index (χ3v) is 6.66. The number of carbonyl (C=O) groups excluding carboxylic acids is 2. The molecule has 8 nitrogen and oxygen atoms in total. The SMILES string of the molecule is C/C=C(/CO)COc1c([C@H]2[C@H](C(=O)Nc3ccnc(C(N)=O)c3)O[C@@](C)(C(F)(F)F)[C@H]2C)ccc(F)c1F. The van der Waals surface area contributed by atoms with Crippen LogP contribution in [0.15, 0.2) is 42.1 Å². The molecule has 1 aliphatic heterocycles. The number of pyridine rings is 1. The number of hydrogen-bond donors (Lipinski definition) is 3. The smallest absolute Gasteiger partial charge is 0.417 e. The van der Waals surface area contributed by atoms with Crippen LogP contribution in [0.4, 0.5) is 27.6 Å². The van der Waals surface area contributed by atoms with Crippen LogP contribution in [0.5, 0.6) is 5.75 Å². The Labute approximate surface area is 214 Å². The lowest BCUT2D eigenvalue weighted by atomic mass is 9.77. The lowest BCUT2D eigenvalue weighted by Gasteiger charge is -2.32. The van der Waals surface area contributed by atoms with Crippen LogP contribution in [0.3, 0.4) is 0 Å². The molecule has 2 amide bonds. The Morgan fingerprint density at radius 3 is 2.55 bits per heavy atom. The second-order valence-electron chi connectivity index (χ2n) is 8.91. The summed E-state index contributed by atoms with van der Waals surface area (Å²) in [6.45, 7) is 2.67. The van der Waals surface area contributed by atoms with Crippen LogP contribution in [-0.4, -0.2) is 53.0 Å². The van der Waals surface area contributed by atoms with E-state index in [2.05, 4.69) is 10.3 Å². The van der Waals surface area contributed by atoms with Crippen LogP contribution >= 0.6 is 0 Å². The normalized spacial score (nSPS) is 23.8. The summed E-state index contributed by atoms with van der Waals surface area (Å²) >= 11 is 0. The van der Waals surface area contributed by atoms with E-state index in [0.29, 0.717) is 11.6 Å². The number of nitrogens with zero attached hydrogens (tertiary/aromatic N) is 1. The zero-order valence-electron chi connectivity index (χ0n) is 20.6. The Morgan fingerprint density at radius 2 is 1.97 bits per heavy atom. The van der Waals surface area contributed by atoms with Crippen LogP contribution in [-0.2, 0) is 9.53 Å². The minimum Gasteiger partial charge on any atom is -0.486 e. The topological polar surface area (TPSA) is 124 Å². The van der Waals surface area contributed by atoms with Crippen molar-refractivity contribution in [3.8, 4) is 5.75 Å². The maximum absolute atomic E-state index is 14.9. The molecule has 1 fully saturated rings. The number of benzene rings is 1. The minimum absolute atomic E-state index is 0.00292. The number of primary amides is 1. The van der Waals surface area contributed by atoms with Gasteiger partial charge in [-0.3, -0.25) is 14.6 Å². The molecule has 4 N–H and O–H groups in total. The Bertz CT molecular complexity index is 1250. The molecular formula is C25H26F5N3O5. The van der Waals surface area contributed by atoms with E-state index in [1.807, 2.05) is 0 Å². The first-order chi connectivity index (χ1) is 17.7. The van der Waals surface area contributed by atoms with Crippen LogP contribution in [0, 0.1) is 17.6 Å². The zero-order valence-corrected chi connectivity index (χ0v) is 20.6. The van der Waals surface area contributed by atoms with Gasteiger partial charge in [-0.2, -0.15) is 17.6 Å². The molecule has 1 saturated heterocycles. The summed E-state index contributed by atoms with van der Waals surface area (Å²) in [5, 5.41) is 11.7. The molecule has 2 aromatic rings. The van der Waals surface area contributed by atoms with Crippen molar-refractivity contribution in [1.29, 1.82) is 0 Å². The first kappa shape index (κ1) is 29.0. The van der Waals surface area contributed by atoms with Crippen molar-refractivity contribution in [3.05, 3.63) is 65.0 Å². The molecule has 206 valence electrons. The maximum atomic E-state index is 14.9. The van der Waals surface area contributed by atoms with E-state index in [1.54, 1.807) is 6.92 Å². The van der Waals surface area contributed by atoms with Gasteiger partial charge in [0.05, 0.1) is 6.61 Å². The summed E-state index contributed by atoms with van der Waals surface area (Å²) in [5.41, 5.74) is 2.19. The van der Waals surface area contributed by atoms with Gasteiger partial charge in [-0.1, -0.05) is 19.1 Å². The van der Waals surface area contributed by atoms with E-state index in [1.165, 1.54) is 19.1 Å². The van der Waals surface area contributed by atoms with Gasteiger partial charge in [0.25, 0.3) is 11.8 Å². The van der Waals surface area contributed by atoms with Crippen molar-refractivity contribution in [2.45, 2.75) is 44.6 Å². The predicted molar refractivity (Wildman–Crippen MR) is 125 cm³/mol. The average molecular weight is 543 g/mol. The molecular weight excluding hydrogens is 517 g/mol. The van der Waals surface area contributed by atoms with Crippen LogP contribution in [0.25, 0.3) is 0 Å². The number of amides is 2. The first-order valence-electron chi connectivity index (χ1n) is 11.4. The van der Waals surface area contributed by atoms with Crippen molar-refractivity contribution in [1.82, 2.24) is 4.98 Å². The van der Waals surface area contributed by atoms with Gasteiger partial charge in [0, 0.05) is 29.3 Å². The van der Waals surface area contributed by atoms with Gasteiger partial charge in [-0.05, 0) is 37.6 Å². The number of halogens is 5. The van der Waals surface area contributed by atoms with Crippen molar-refractivity contribution < 1.29 is 46.1 Å². The highest BCUT2D eigenvalue weighted by molar-refractivity contribution is 5.97.